The number of nitrogens with one attached hydrogen (secondary N) is 2. The first-order valence-electron chi connectivity index (χ1n) is 6.50. The molecule has 7 heteroatoms. The van der Waals surface area contributed by atoms with Crippen molar-refractivity contribution >= 4 is 28.6 Å². The Kier molecular flexibility index (Phi) is 3.83. The molecule has 2 heterocycles. The molecule has 6 nitrogen and oxygen atoms in total. The van der Waals surface area contributed by atoms with Gasteiger partial charge in [0.1, 0.15) is 5.03 Å². The van der Waals surface area contributed by atoms with Crippen molar-refractivity contribution in [1.29, 1.82) is 0 Å². The molecule has 0 radical (unpaired) electrons. The van der Waals surface area contributed by atoms with Crippen LogP contribution < -0.4 is 10.9 Å². The van der Waals surface area contributed by atoms with Gasteiger partial charge in [0.05, 0.1) is 5.52 Å². The van der Waals surface area contributed by atoms with Crippen LogP contribution >= 0.6 is 11.8 Å². The molecule has 2 aromatic heterocycles. The molecule has 0 fully saturated rings. The Bertz CT molecular complexity index is 833. The second-order valence-corrected chi connectivity index (χ2v) is 5.22. The summed E-state index contributed by atoms with van der Waals surface area (Å²) in [6, 6.07) is 9.13. The summed E-state index contributed by atoms with van der Waals surface area (Å²) in [5, 5.41) is 5.30. The summed E-state index contributed by atoms with van der Waals surface area (Å²) in [4.78, 5) is 27.1. The van der Waals surface area contributed by atoms with E-state index in [-0.39, 0.29) is 5.56 Å². The molecule has 0 saturated heterocycles. The number of fused-ring (bicyclic) bond motifs is 1. The number of aromatic nitrogens is 4. The predicted molar refractivity (Wildman–Crippen MR) is 82.7 cm³/mol. The quantitative estimate of drug-likeness (QED) is 0.568. The van der Waals surface area contributed by atoms with E-state index < -0.39 is 0 Å². The first-order chi connectivity index (χ1) is 10.3. The summed E-state index contributed by atoms with van der Waals surface area (Å²) >= 11 is 1.31. The molecule has 0 atom stereocenters. The van der Waals surface area contributed by atoms with Gasteiger partial charge < -0.3 is 10.3 Å². The minimum atomic E-state index is -0.183. The topological polar surface area (TPSA) is 83.6 Å². The summed E-state index contributed by atoms with van der Waals surface area (Å²) in [5.41, 5.74) is 0.669. The van der Waals surface area contributed by atoms with Crippen molar-refractivity contribution in [2.75, 3.05) is 11.9 Å². The third-order valence-corrected chi connectivity index (χ3v) is 3.65. The van der Waals surface area contributed by atoms with Crippen LogP contribution in [0.25, 0.3) is 10.9 Å². The van der Waals surface area contributed by atoms with Crippen molar-refractivity contribution in [3.63, 3.8) is 0 Å². The van der Waals surface area contributed by atoms with Gasteiger partial charge in [-0.15, -0.1) is 0 Å². The maximum Gasteiger partial charge on any atom is 0.251 e. The summed E-state index contributed by atoms with van der Waals surface area (Å²) in [7, 11) is 0. The highest BCUT2D eigenvalue weighted by Gasteiger charge is 2.09. The van der Waals surface area contributed by atoms with Crippen LogP contribution in [0.3, 0.4) is 0 Å². The SMILES string of the molecule is CCNc1nc(Sc2nccc(=O)[nH]2)c2ccccc2n1. The fourth-order valence-corrected chi connectivity index (χ4v) is 2.72. The lowest BCUT2D eigenvalue weighted by Gasteiger charge is -2.08. The maximum atomic E-state index is 11.4. The predicted octanol–water partition coefficient (Wildman–Crippen LogP) is 2.30. The van der Waals surface area contributed by atoms with Crippen molar-refractivity contribution in [1.82, 2.24) is 19.9 Å². The summed E-state index contributed by atoms with van der Waals surface area (Å²) < 4.78 is 0. The molecule has 21 heavy (non-hydrogen) atoms. The minimum Gasteiger partial charge on any atom is -0.354 e. The molecule has 1 aromatic carbocycles. The van der Waals surface area contributed by atoms with Gasteiger partial charge in [-0.25, -0.2) is 15.0 Å². The third kappa shape index (κ3) is 3.03. The molecule has 0 amide bonds. The number of hydrogen-bond donors (Lipinski definition) is 2. The lowest BCUT2D eigenvalue weighted by Crippen LogP contribution is -2.06. The Hall–Kier alpha value is -2.41. The summed E-state index contributed by atoms with van der Waals surface area (Å²) in [5.74, 6) is 0.567. The van der Waals surface area contributed by atoms with Crippen LogP contribution in [0.5, 0.6) is 0 Å². The van der Waals surface area contributed by atoms with Crippen LogP contribution in [0, 0.1) is 0 Å². The lowest BCUT2D eigenvalue weighted by atomic mass is 10.2. The van der Waals surface area contributed by atoms with Gasteiger partial charge in [0, 0.05) is 24.2 Å². The van der Waals surface area contributed by atoms with Gasteiger partial charge in [0.25, 0.3) is 5.56 Å². The van der Waals surface area contributed by atoms with E-state index in [1.54, 1.807) is 0 Å². The summed E-state index contributed by atoms with van der Waals surface area (Å²) in [6.07, 6.45) is 1.48. The van der Waals surface area contributed by atoms with Crippen LogP contribution in [0.4, 0.5) is 5.95 Å². The minimum absolute atomic E-state index is 0.183. The van der Waals surface area contributed by atoms with Crippen LogP contribution in [0.2, 0.25) is 0 Å². The van der Waals surface area contributed by atoms with Crippen molar-refractivity contribution in [3.8, 4) is 0 Å². The van der Waals surface area contributed by atoms with Crippen LogP contribution in [0.1, 0.15) is 6.92 Å². The smallest absolute Gasteiger partial charge is 0.251 e. The van der Waals surface area contributed by atoms with E-state index in [0.29, 0.717) is 11.1 Å². The molecular weight excluding hydrogens is 286 g/mol. The molecule has 3 aromatic rings. The fraction of sp³-hybridized carbons (Fsp3) is 0.143. The van der Waals surface area contributed by atoms with E-state index in [1.807, 2.05) is 31.2 Å². The van der Waals surface area contributed by atoms with Gasteiger partial charge in [-0.05, 0) is 24.8 Å². The zero-order valence-corrected chi connectivity index (χ0v) is 12.1. The molecule has 2 N–H and O–H groups in total. The molecule has 0 aliphatic carbocycles. The van der Waals surface area contributed by atoms with E-state index in [0.717, 1.165) is 22.5 Å². The monoisotopic (exact) mass is 299 g/mol. The Morgan fingerprint density at radius 1 is 1.24 bits per heavy atom. The highest BCUT2D eigenvalue weighted by atomic mass is 32.2. The van der Waals surface area contributed by atoms with Gasteiger partial charge in [0.15, 0.2) is 5.16 Å². The number of anilines is 1. The molecule has 3 rings (SSSR count). The first-order valence-corrected chi connectivity index (χ1v) is 7.32. The molecule has 0 saturated carbocycles. The van der Waals surface area contributed by atoms with E-state index in [4.69, 9.17) is 0 Å². The number of para-hydroxylation sites is 1. The van der Waals surface area contributed by atoms with Crippen LogP contribution in [-0.2, 0) is 0 Å². The first kappa shape index (κ1) is 13.6. The maximum absolute atomic E-state index is 11.4. The van der Waals surface area contributed by atoms with Crippen molar-refractivity contribution in [3.05, 3.63) is 46.9 Å². The molecule has 0 unspecified atom stereocenters. The number of aromatic amines is 1. The highest BCUT2D eigenvalue weighted by Crippen LogP contribution is 2.29. The Morgan fingerprint density at radius 3 is 2.90 bits per heavy atom. The average Bonchev–Trinajstić information content (AvgIpc) is 2.48. The number of benzene rings is 1. The second kappa shape index (κ2) is 5.92. The van der Waals surface area contributed by atoms with Crippen molar-refractivity contribution in [2.24, 2.45) is 0 Å². The van der Waals surface area contributed by atoms with Crippen molar-refractivity contribution < 1.29 is 0 Å². The number of H-pyrrole nitrogens is 1. The average molecular weight is 299 g/mol. The largest absolute Gasteiger partial charge is 0.354 e. The van der Waals surface area contributed by atoms with Gasteiger partial charge >= 0.3 is 0 Å². The van der Waals surface area contributed by atoms with Gasteiger partial charge in [0.2, 0.25) is 5.95 Å². The molecule has 106 valence electrons. The second-order valence-electron chi connectivity index (χ2n) is 4.24. The van der Waals surface area contributed by atoms with E-state index in [9.17, 15) is 4.79 Å². The molecule has 0 aliphatic heterocycles. The van der Waals surface area contributed by atoms with Crippen molar-refractivity contribution in [2.45, 2.75) is 17.1 Å². The zero-order chi connectivity index (χ0) is 14.7. The van der Waals surface area contributed by atoms with E-state index in [1.165, 1.54) is 24.0 Å². The van der Waals surface area contributed by atoms with E-state index >= 15 is 0 Å². The molecule has 0 spiro atoms. The van der Waals surface area contributed by atoms with Crippen LogP contribution in [-0.4, -0.2) is 26.5 Å². The standard InChI is InChI=1S/C14H13N5OS/c1-2-15-13-17-10-6-4-3-5-9(10)12(19-13)21-14-16-8-7-11(20)18-14/h3-8H,2H2,1H3,(H,15,17,19)(H,16,18,20). The normalized spacial score (nSPS) is 10.7. The zero-order valence-electron chi connectivity index (χ0n) is 11.3. The lowest BCUT2D eigenvalue weighted by molar-refractivity contribution is 0.932. The number of rotatable bonds is 4. The van der Waals surface area contributed by atoms with Gasteiger partial charge in [-0.1, -0.05) is 18.2 Å². The van der Waals surface area contributed by atoms with Gasteiger partial charge in [-0.2, -0.15) is 0 Å². The Balaban J connectivity index is 2.09. The highest BCUT2D eigenvalue weighted by molar-refractivity contribution is 7.99. The molecule has 0 bridgehead atoms. The number of hydrogen-bond acceptors (Lipinski definition) is 6. The molecule has 0 aliphatic rings. The van der Waals surface area contributed by atoms with E-state index in [2.05, 4.69) is 25.3 Å². The molecular formula is C14H13N5OS. The Morgan fingerprint density at radius 2 is 2.10 bits per heavy atom. The van der Waals surface area contributed by atoms with Crippen LogP contribution in [0.15, 0.2) is 51.5 Å². The Labute approximate surface area is 125 Å². The summed E-state index contributed by atoms with van der Waals surface area (Å²) in [6.45, 7) is 2.73. The van der Waals surface area contributed by atoms with Gasteiger partial charge in [-0.3, -0.25) is 4.79 Å². The number of nitrogens with zero attached hydrogens (tertiary/aromatic N) is 3. The fourth-order valence-electron chi connectivity index (χ4n) is 1.86. The third-order valence-electron chi connectivity index (χ3n) is 2.74.